The van der Waals surface area contributed by atoms with Crippen molar-refractivity contribution in [3.63, 3.8) is 0 Å². The normalized spacial score (nSPS) is 11.7. The molecule has 0 saturated carbocycles. The van der Waals surface area contributed by atoms with Crippen molar-refractivity contribution >= 4 is 5.91 Å². The molecule has 120 valence electrons. The molecule has 1 heterocycles. The molecule has 0 saturated heterocycles. The third kappa shape index (κ3) is 4.07. The second kappa shape index (κ2) is 7.55. The third-order valence-electron chi connectivity index (χ3n) is 3.99. The highest BCUT2D eigenvalue weighted by atomic mass is 16.1. The van der Waals surface area contributed by atoms with Gasteiger partial charge in [0.25, 0.3) is 0 Å². The fourth-order valence-electron chi connectivity index (χ4n) is 2.64. The highest BCUT2D eigenvalue weighted by Crippen LogP contribution is 2.19. The lowest BCUT2D eigenvalue weighted by atomic mass is 10.0. The molecule has 3 nitrogen and oxygen atoms in total. The number of carbonyl (C=O) groups is 1. The van der Waals surface area contributed by atoms with E-state index < -0.39 is 0 Å². The fourth-order valence-corrected chi connectivity index (χ4v) is 2.64. The molecule has 0 spiro atoms. The van der Waals surface area contributed by atoms with Gasteiger partial charge in [0.2, 0.25) is 5.91 Å². The highest BCUT2D eigenvalue weighted by Gasteiger charge is 2.10. The van der Waals surface area contributed by atoms with E-state index in [0.29, 0.717) is 6.42 Å². The summed E-state index contributed by atoms with van der Waals surface area (Å²) in [5.74, 6) is 0.0128. The maximum Gasteiger partial charge on any atom is 0.224 e. The van der Waals surface area contributed by atoms with Crippen molar-refractivity contribution in [3.05, 3.63) is 90.3 Å². The number of benzene rings is 2. The highest BCUT2D eigenvalue weighted by molar-refractivity contribution is 5.79. The van der Waals surface area contributed by atoms with E-state index in [1.54, 1.807) is 12.4 Å². The summed E-state index contributed by atoms with van der Waals surface area (Å²) in [5.41, 5.74) is 4.35. The van der Waals surface area contributed by atoms with E-state index >= 15 is 0 Å². The zero-order chi connectivity index (χ0) is 16.8. The minimum absolute atomic E-state index is 0.0128. The van der Waals surface area contributed by atoms with E-state index in [4.69, 9.17) is 0 Å². The van der Waals surface area contributed by atoms with Gasteiger partial charge in [-0.15, -0.1) is 0 Å². The largest absolute Gasteiger partial charge is 0.349 e. The standard InChI is InChI=1S/C21H20N2O/c1-16(20-8-5-13-22-15-20)23-21(24)14-17-9-11-19(12-10-17)18-6-3-2-4-7-18/h2-13,15-16H,14H2,1H3,(H,23,24). The van der Waals surface area contributed by atoms with Gasteiger partial charge in [0.15, 0.2) is 0 Å². The molecule has 0 aliphatic heterocycles. The summed E-state index contributed by atoms with van der Waals surface area (Å²) in [7, 11) is 0. The van der Waals surface area contributed by atoms with Gasteiger partial charge in [-0.2, -0.15) is 0 Å². The predicted molar refractivity (Wildman–Crippen MR) is 96.4 cm³/mol. The van der Waals surface area contributed by atoms with Crippen molar-refractivity contribution < 1.29 is 4.79 Å². The average molecular weight is 316 g/mol. The van der Waals surface area contributed by atoms with E-state index in [1.807, 2.05) is 49.4 Å². The van der Waals surface area contributed by atoms with Gasteiger partial charge >= 0.3 is 0 Å². The van der Waals surface area contributed by atoms with Crippen LogP contribution in [0.5, 0.6) is 0 Å². The van der Waals surface area contributed by atoms with Crippen LogP contribution in [0.15, 0.2) is 79.1 Å². The summed E-state index contributed by atoms with van der Waals surface area (Å²) in [6.07, 6.45) is 3.88. The van der Waals surface area contributed by atoms with Gasteiger partial charge < -0.3 is 5.32 Å². The van der Waals surface area contributed by atoms with Crippen molar-refractivity contribution in [2.24, 2.45) is 0 Å². The molecular formula is C21H20N2O. The van der Waals surface area contributed by atoms with Gasteiger partial charge in [-0.05, 0) is 35.2 Å². The number of amides is 1. The van der Waals surface area contributed by atoms with Crippen LogP contribution >= 0.6 is 0 Å². The van der Waals surface area contributed by atoms with Crippen LogP contribution in [0.1, 0.15) is 24.1 Å². The van der Waals surface area contributed by atoms with Crippen LogP contribution in [-0.4, -0.2) is 10.9 Å². The molecule has 1 aromatic heterocycles. The lowest BCUT2D eigenvalue weighted by molar-refractivity contribution is -0.121. The van der Waals surface area contributed by atoms with Crippen molar-refractivity contribution in [2.45, 2.75) is 19.4 Å². The molecule has 24 heavy (non-hydrogen) atoms. The predicted octanol–water partition coefficient (Wildman–Crippen LogP) is 4.17. The zero-order valence-corrected chi connectivity index (χ0v) is 13.6. The maximum absolute atomic E-state index is 12.2. The first-order chi connectivity index (χ1) is 11.7. The molecule has 0 aliphatic rings. The Morgan fingerprint density at radius 2 is 1.67 bits per heavy atom. The number of rotatable bonds is 5. The van der Waals surface area contributed by atoms with Gasteiger partial charge in [-0.1, -0.05) is 60.7 Å². The number of carbonyl (C=O) groups excluding carboxylic acids is 1. The van der Waals surface area contributed by atoms with E-state index in [0.717, 1.165) is 16.7 Å². The van der Waals surface area contributed by atoms with Crippen LogP contribution in [-0.2, 0) is 11.2 Å². The molecular weight excluding hydrogens is 296 g/mol. The number of aromatic nitrogens is 1. The van der Waals surface area contributed by atoms with Crippen molar-refractivity contribution in [3.8, 4) is 11.1 Å². The summed E-state index contributed by atoms with van der Waals surface area (Å²) in [6.45, 7) is 1.97. The van der Waals surface area contributed by atoms with Crippen molar-refractivity contribution in [1.82, 2.24) is 10.3 Å². The van der Waals surface area contributed by atoms with Crippen LogP contribution in [0.4, 0.5) is 0 Å². The van der Waals surface area contributed by atoms with Crippen LogP contribution < -0.4 is 5.32 Å². The number of hydrogen-bond donors (Lipinski definition) is 1. The summed E-state index contributed by atoms with van der Waals surface area (Å²) >= 11 is 0. The summed E-state index contributed by atoms with van der Waals surface area (Å²) in [4.78, 5) is 16.3. The van der Waals surface area contributed by atoms with Gasteiger partial charge in [-0.3, -0.25) is 9.78 Å². The van der Waals surface area contributed by atoms with Gasteiger partial charge in [0.05, 0.1) is 12.5 Å². The Morgan fingerprint density at radius 3 is 2.33 bits per heavy atom. The Bertz CT molecular complexity index is 783. The molecule has 1 atom stereocenters. The Labute approximate surface area is 142 Å². The van der Waals surface area contributed by atoms with Crippen molar-refractivity contribution in [1.29, 1.82) is 0 Å². The molecule has 0 fully saturated rings. The molecule has 0 bridgehead atoms. The molecule has 3 rings (SSSR count). The topological polar surface area (TPSA) is 42.0 Å². The van der Waals surface area contributed by atoms with Gasteiger partial charge in [0, 0.05) is 12.4 Å². The second-order valence-electron chi connectivity index (χ2n) is 5.82. The van der Waals surface area contributed by atoms with Crippen LogP contribution in [0, 0.1) is 0 Å². The smallest absolute Gasteiger partial charge is 0.224 e. The van der Waals surface area contributed by atoms with Crippen LogP contribution in [0.2, 0.25) is 0 Å². The van der Waals surface area contributed by atoms with Crippen LogP contribution in [0.3, 0.4) is 0 Å². The second-order valence-corrected chi connectivity index (χ2v) is 5.82. The quantitative estimate of drug-likeness (QED) is 0.767. The molecule has 2 aromatic carbocycles. The first-order valence-electron chi connectivity index (χ1n) is 8.06. The fraction of sp³-hybridized carbons (Fsp3) is 0.143. The monoisotopic (exact) mass is 316 g/mol. The molecule has 3 heteroatoms. The average Bonchev–Trinajstić information content (AvgIpc) is 2.64. The van der Waals surface area contributed by atoms with E-state index in [-0.39, 0.29) is 11.9 Å². The lowest BCUT2D eigenvalue weighted by Crippen LogP contribution is -2.28. The van der Waals surface area contributed by atoms with E-state index in [2.05, 4.69) is 34.6 Å². The third-order valence-corrected chi connectivity index (χ3v) is 3.99. The molecule has 0 radical (unpaired) electrons. The Morgan fingerprint density at radius 1 is 0.958 bits per heavy atom. The lowest BCUT2D eigenvalue weighted by Gasteiger charge is -2.14. The number of hydrogen-bond acceptors (Lipinski definition) is 2. The van der Waals surface area contributed by atoms with Gasteiger partial charge in [-0.25, -0.2) is 0 Å². The molecule has 1 N–H and O–H groups in total. The summed E-state index contributed by atoms with van der Waals surface area (Å²) < 4.78 is 0. The first kappa shape index (κ1) is 15.9. The summed E-state index contributed by atoms with van der Waals surface area (Å²) in [6, 6.07) is 22.1. The number of nitrogens with one attached hydrogen (secondary N) is 1. The Hall–Kier alpha value is -2.94. The van der Waals surface area contributed by atoms with Crippen molar-refractivity contribution in [2.75, 3.05) is 0 Å². The maximum atomic E-state index is 12.2. The summed E-state index contributed by atoms with van der Waals surface area (Å²) in [5, 5.41) is 3.01. The number of pyridine rings is 1. The first-order valence-corrected chi connectivity index (χ1v) is 8.06. The molecule has 1 unspecified atom stereocenters. The SMILES string of the molecule is CC(NC(=O)Cc1ccc(-c2ccccc2)cc1)c1cccnc1. The van der Waals surface area contributed by atoms with Gasteiger partial charge in [0.1, 0.15) is 0 Å². The Balaban J connectivity index is 1.61. The van der Waals surface area contributed by atoms with E-state index in [1.165, 1.54) is 5.56 Å². The Kier molecular flexibility index (Phi) is 5.02. The van der Waals surface area contributed by atoms with E-state index in [9.17, 15) is 4.79 Å². The van der Waals surface area contributed by atoms with Crippen LogP contribution in [0.25, 0.3) is 11.1 Å². The minimum atomic E-state index is -0.0465. The molecule has 3 aromatic rings. The zero-order valence-electron chi connectivity index (χ0n) is 13.6. The minimum Gasteiger partial charge on any atom is -0.349 e. The molecule has 0 aliphatic carbocycles. The number of nitrogens with zero attached hydrogens (tertiary/aromatic N) is 1. The molecule has 1 amide bonds.